The molecule has 3 aliphatic carbocycles. The van der Waals surface area contributed by atoms with Crippen LogP contribution in [0.1, 0.15) is 48.8 Å². The van der Waals surface area contributed by atoms with Crippen molar-refractivity contribution in [1.29, 1.82) is 0 Å². The van der Waals surface area contributed by atoms with Crippen LogP contribution in [-0.4, -0.2) is 68.5 Å². The van der Waals surface area contributed by atoms with Crippen molar-refractivity contribution in [2.75, 3.05) is 20.1 Å². The predicted octanol–water partition coefficient (Wildman–Crippen LogP) is 1.70. The summed E-state index contributed by atoms with van der Waals surface area (Å²) >= 11 is 0. The normalized spacial score (nSPS) is 29.2. The fourth-order valence-corrected chi connectivity index (χ4v) is 6.55. The number of Topliss-reactive ketones (excluding diaryl/α,β-unsaturated/α-hetero) is 2. The van der Waals surface area contributed by atoms with Gasteiger partial charge in [-0.25, -0.2) is 0 Å². The van der Waals surface area contributed by atoms with Gasteiger partial charge >= 0.3 is 0 Å². The van der Waals surface area contributed by atoms with Crippen molar-refractivity contribution in [2.45, 2.75) is 50.5 Å². The van der Waals surface area contributed by atoms with Crippen LogP contribution in [0.2, 0.25) is 0 Å². The Hall–Kier alpha value is -3.17. The first kappa shape index (κ1) is 24.5. The minimum absolute atomic E-state index is 0.0813. The molecule has 1 aliphatic heterocycles. The van der Waals surface area contributed by atoms with Gasteiger partial charge in [-0.2, -0.15) is 0 Å². The van der Waals surface area contributed by atoms with E-state index in [1.54, 1.807) is 0 Å². The van der Waals surface area contributed by atoms with Gasteiger partial charge in [-0.1, -0.05) is 12.1 Å². The average Bonchev–Trinajstić information content (AvgIpc) is 2.81. The summed E-state index contributed by atoms with van der Waals surface area (Å²) in [6, 6.07) is 3.71. The number of aromatic hydroxyl groups is 1. The van der Waals surface area contributed by atoms with E-state index in [-0.39, 0.29) is 29.7 Å². The van der Waals surface area contributed by atoms with Crippen LogP contribution in [0.3, 0.4) is 0 Å². The summed E-state index contributed by atoms with van der Waals surface area (Å²) in [4.78, 5) is 40.0. The van der Waals surface area contributed by atoms with Crippen LogP contribution in [0.15, 0.2) is 29.0 Å². The molecule has 9 heteroatoms. The van der Waals surface area contributed by atoms with Gasteiger partial charge in [0.25, 0.3) is 5.91 Å². The molecule has 2 fully saturated rings. The van der Waals surface area contributed by atoms with Crippen LogP contribution in [0.4, 0.5) is 0 Å². The van der Waals surface area contributed by atoms with E-state index in [4.69, 9.17) is 5.73 Å². The number of fused-ring (bicyclic) bond motifs is 3. The van der Waals surface area contributed by atoms with E-state index in [1.807, 2.05) is 12.1 Å². The average molecular weight is 497 g/mol. The van der Waals surface area contributed by atoms with Crippen molar-refractivity contribution in [3.63, 3.8) is 0 Å². The first-order valence-corrected chi connectivity index (χ1v) is 12.5. The quantitative estimate of drug-likeness (QED) is 0.394. The molecule has 9 nitrogen and oxygen atoms in total. The van der Waals surface area contributed by atoms with Crippen LogP contribution in [0.25, 0.3) is 5.76 Å². The number of hydrogen-bond donors (Lipinski definition) is 5. The van der Waals surface area contributed by atoms with Crippen molar-refractivity contribution < 1.29 is 34.8 Å². The Bertz CT molecular complexity index is 1220. The highest BCUT2D eigenvalue weighted by atomic mass is 16.3. The van der Waals surface area contributed by atoms with E-state index in [9.17, 15) is 34.8 Å². The zero-order chi connectivity index (χ0) is 25.9. The van der Waals surface area contributed by atoms with Gasteiger partial charge in [0.15, 0.2) is 11.4 Å². The van der Waals surface area contributed by atoms with Crippen molar-refractivity contribution in [1.82, 2.24) is 4.90 Å². The maximum absolute atomic E-state index is 13.6. The Kier molecular flexibility index (Phi) is 5.95. The number of likely N-dealkylation sites (tertiary alicyclic amines) is 1. The summed E-state index contributed by atoms with van der Waals surface area (Å²) in [5.74, 6) is -5.37. The van der Waals surface area contributed by atoms with E-state index in [2.05, 4.69) is 11.9 Å². The number of ketones is 2. The number of piperidine rings is 1. The number of primary amides is 1. The van der Waals surface area contributed by atoms with Crippen LogP contribution < -0.4 is 5.73 Å². The molecule has 4 aliphatic rings. The molecule has 1 amide bonds. The number of phenolic OH excluding ortho intramolecular Hbond substituents is 1. The number of nitrogens with two attached hydrogens (primary N) is 1. The molecule has 1 heterocycles. The molecule has 0 spiro atoms. The number of benzene rings is 1. The lowest BCUT2D eigenvalue weighted by molar-refractivity contribution is -0.147. The molecule has 192 valence electrons. The molecule has 1 aromatic carbocycles. The minimum Gasteiger partial charge on any atom is -0.508 e. The fourth-order valence-electron chi connectivity index (χ4n) is 6.55. The third-order valence-electron chi connectivity index (χ3n) is 8.68. The largest absolute Gasteiger partial charge is 0.508 e. The number of hydrogen-bond acceptors (Lipinski definition) is 8. The fraction of sp³-hybridized carbons (Fsp3) is 0.519. The number of aryl methyl sites for hydroxylation is 1. The lowest BCUT2D eigenvalue weighted by atomic mass is 9.59. The molecule has 5 rings (SSSR count). The zero-order valence-corrected chi connectivity index (χ0v) is 20.3. The first-order chi connectivity index (χ1) is 17.0. The highest BCUT2D eigenvalue weighted by Crippen LogP contribution is 2.52. The van der Waals surface area contributed by atoms with Crippen molar-refractivity contribution in [3.05, 3.63) is 45.7 Å². The molecule has 0 radical (unpaired) electrons. The van der Waals surface area contributed by atoms with Gasteiger partial charge in [0.2, 0.25) is 5.78 Å². The first-order valence-electron chi connectivity index (χ1n) is 12.5. The molecule has 36 heavy (non-hydrogen) atoms. The summed E-state index contributed by atoms with van der Waals surface area (Å²) in [5.41, 5.74) is 3.34. The van der Waals surface area contributed by atoms with Crippen LogP contribution >= 0.6 is 0 Å². The third kappa shape index (κ3) is 3.64. The molecule has 6 N–H and O–H groups in total. The smallest absolute Gasteiger partial charge is 0.255 e. The Balaban J connectivity index is 1.50. The number of rotatable bonds is 4. The van der Waals surface area contributed by atoms with Crippen molar-refractivity contribution in [2.24, 2.45) is 23.5 Å². The second kappa shape index (κ2) is 8.74. The molecule has 0 bridgehead atoms. The number of aliphatic hydroxyl groups excluding tert-OH is 2. The predicted molar refractivity (Wildman–Crippen MR) is 130 cm³/mol. The van der Waals surface area contributed by atoms with Gasteiger partial charge in [0, 0.05) is 17.9 Å². The lowest BCUT2D eigenvalue weighted by Crippen LogP contribution is -2.58. The molecule has 1 aromatic rings. The molecular formula is C27H32N2O7. The maximum Gasteiger partial charge on any atom is 0.255 e. The summed E-state index contributed by atoms with van der Waals surface area (Å²) in [6.45, 7) is 2.09. The number of amides is 1. The summed E-state index contributed by atoms with van der Waals surface area (Å²) in [6.07, 6.45) is 3.89. The standard InChI is InChI=1S/C27H32N2O7/c1-29-8-6-13(7-9-29)2-3-14-4-5-15-10-16-11-17-12-18(30)21(26(28)35)25(34)27(17,36)24(33)20(16)23(32)19(15)22(14)31/h4-5,13,16-17,31-32,34,36H,2-3,6-12H2,1H3,(H2,28,35)/t16-,17-,27-/m0/s1. The Labute approximate surface area is 208 Å². The Morgan fingerprint density at radius 1 is 1.14 bits per heavy atom. The van der Waals surface area contributed by atoms with E-state index < -0.39 is 52.0 Å². The SMILES string of the molecule is CN1CCC(CCc2ccc3c(c2O)C(O)=C2C(=O)[C@]4(O)C(O)=C(C(N)=O)C(=O)C[C@@H]4C[C@@H]2C3)CC1. The molecule has 0 unspecified atom stereocenters. The molecule has 0 aromatic heterocycles. The molecule has 1 saturated heterocycles. The van der Waals surface area contributed by atoms with Gasteiger partial charge in [0.1, 0.15) is 22.8 Å². The van der Waals surface area contributed by atoms with E-state index >= 15 is 0 Å². The number of carbonyl (C=O) groups is 3. The van der Waals surface area contributed by atoms with Crippen molar-refractivity contribution in [3.8, 4) is 5.75 Å². The number of phenols is 1. The van der Waals surface area contributed by atoms with Gasteiger partial charge in [-0.05, 0) is 81.6 Å². The molecule has 1 saturated carbocycles. The van der Waals surface area contributed by atoms with Crippen LogP contribution in [-0.2, 0) is 27.2 Å². The third-order valence-corrected chi connectivity index (χ3v) is 8.68. The summed E-state index contributed by atoms with van der Waals surface area (Å²) in [7, 11) is 2.11. The maximum atomic E-state index is 13.6. The van der Waals surface area contributed by atoms with Gasteiger partial charge in [-0.15, -0.1) is 0 Å². The lowest BCUT2D eigenvalue weighted by Gasteiger charge is -2.46. The van der Waals surface area contributed by atoms with Crippen LogP contribution in [0.5, 0.6) is 5.75 Å². The summed E-state index contributed by atoms with van der Waals surface area (Å²) < 4.78 is 0. The highest BCUT2D eigenvalue weighted by Gasteiger charge is 2.60. The van der Waals surface area contributed by atoms with E-state index in [1.165, 1.54) is 0 Å². The van der Waals surface area contributed by atoms with Crippen molar-refractivity contribution >= 4 is 23.2 Å². The number of nitrogens with zero attached hydrogens (tertiary/aromatic N) is 1. The van der Waals surface area contributed by atoms with Gasteiger partial charge < -0.3 is 31.1 Å². The van der Waals surface area contributed by atoms with E-state index in [0.29, 0.717) is 29.9 Å². The highest BCUT2D eigenvalue weighted by molar-refractivity contribution is 6.22. The number of carbonyl (C=O) groups excluding carboxylic acids is 3. The van der Waals surface area contributed by atoms with Gasteiger partial charge in [-0.3, -0.25) is 14.4 Å². The van der Waals surface area contributed by atoms with E-state index in [0.717, 1.165) is 32.4 Å². The minimum atomic E-state index is -2.53. The Morgan fingerprint density at radius 2 is 1.83 bits per heavy atom. The summed E-state index contributed by atoms with van der Waals surface area (Å²) in [5, 5.41) is 44.3. The zero-order valence-electron chi connectivity index (χ0n) is 20.3. The van der Waals surface area contributed by atoms with Gasteiger partial charge in [0.05, 0.1) is 5.56 Å². The monoisotopic (exact) mass is 496 g/mol. The second-order valence-electron chi connectivity index (χ2n) is 10.8. The topological polar surface area (TPSA) is 161 Å². The van der Waals surface area contributed by atoms with Crippen LogP contribution in [0, 0.1) is 17.8 Å². The second-order valence-corrected chi connectivity index (χ2v) is 10.8. The Morgan fingerprint density at radius 3 is 2.50 bits per heavy atom. The molecule has 3 atom stereocenters. The molecular weight excluding hydrogens is 464 g/mol. The number of aliphatic hydroxyl groups is 3.